The van der Waals surface area contributed by atoms with E-state index in [-0.39, 0.29) is 47.2 Å². The lowest BCUT2D eigenvalue weighted by molar-refractivity contribution is -0.254. The Morgan fingerprint density at radius 2 is 1.82 bits per heavy atom. The number of ether oxygens (including phenoxy) is 2. The van der Waals surface area contributed by atoms with E-state index in [9.17, 15) is 9.90 Å². The van der Waals surface area contributed by atoms with Crippen LogP contribution in [-0.2, 0) is 19.1 Å². The Morgan fingerprint density at radius 3 is 2.38 bits per heavy atom. The van der Waals surface area contributed by atoms with Crippen molar-refractivity contribution in [3.63, 3.8) is 0 Å². The molecule has 5 aliphatic rings. The first kappa shape index (κ1) is 37.4. The SMILES string of the molecule is CC(C)[C@@H](C)[C@@]1(C)CC[C@]2(C)[C@H]3CC[C@@H]4[C@@]5(COC[C@@]4(C)[C@@H](OC[C@](C)(C(C)C)N(C)C)[C@H](n4nnc(N)n4)C5)C3=CC(=O)[C@@]2(C)[C@@H]1C(=O)O. The molecule has 4 fully saturated rings. The largest absolute Gasteiger partial charge is 0.481 e. The molecular formula is C39H64N6O5. The van der Waals surface area contributed by atoms with E-state index in [1.54, 1.807) is 4.80 Å². The van der Waals surface area contributed by atoms with E-state index in [0.29, 0.717) is 38.1 Å². The third-order valence-electron chi connectivity index (χ3n) is 16.5. The van der Waals surface area contributed by atoms with E-state index in [1.807, 2.05) is 13.0 Å². The Balaban J connectivity index is 1.47. The summed E-state index contributed by atoms with van der Waals surface area (Å²) in [5.41, 5.74) is 4.07. The van der Waals surface area contributed by atoms with Crippen LogP contribution >= 0.6 is 0 Å². The topological polar surface area (TPSA) is 146 Å². The Bertz CT molecular complexity index is 1530. The number of carbonyl (C=O) groups is 2. The molecule has 50 heavy (non-hydrogen) atoms. The van der Waals surface area contributed by atoms with Gasteiger partial charge in [0.05, 0.1) is 31.8 Å². The lowest BCUT2D eigenvalue weighted by atomic mass is 9.34. The number of anilines is 1. The first-order chi connectivity index (χ1) is 23.1. The van der Waals surface area contributed by atoms with Crippen LogP contribution in [-0.4, -0.2) is 87.5 Å². The number of carbonyl (C=O) groups excluding carboxylic acids is 1. The number of carboxylic acid groups (broad SMARTS) is 1. The van der Waals surface area contributed by atoms with Gasteiger partial charge in [0, 0.05) is 21.8 Å². The van der Waals surface area contributed by atoms with E-state index >= 15 is 4.79 Å². The number of fused-ring (bicyclic) bond motifs is 3. The van der Waals surface area contributed by atoms with Gasteiger partial charge in [-0.2, -0.15) is 4.80 Å². The minimum absolute atomic E-state index is 0.0421. The summed E-state index contributed by atoms with van der Waals surface area (Å²) in [4.78, 5) is 32.4. The summed E-state index contributed by atoms with van der Waals surface area (Å²) < 4.78 is 13.8. The maximum absolute atomic E-state index is 15.0. The fourth-order valence-corrected chi connectivity index (χ4v) is 12.3. The van der Waals surface area contributed by atoms with Gasteiger partial charge in [-0.1, -0.05) is 73.0 Å². The van der Waals surface area contributed by atoms with Crippen molar-refractivity contribution in [2.45, 2.75) is 119 Å². The summed E-state index contributed by atoms with van der Waals surface area (Å²) in [6, 6.07) is -0.285. The van der Waals surface area contributed by atoms with Gasteiger partial charge in [-0.05, 0) is 105 Å². The van der Waals surface area contributed by atoms with Gasteiger partial charge in [-0.15, -0.1) is 5.10 Å². The Hall–Kier alpha value is -2.37. The molecule has 0 aromatic carbocycles. The number of aromatic nitrogens is 4. The predicted octanol–water partition coefficient (Wildman–Crippen LogP) is 5.93. The standard InChI is InChI=1S/C39H64N6O5/c1-22(2)24(5)34(6)15-16-36(8)25-13-14-28-35(7)19-49-21-39(28,26(25)17-29(46)38(36,10)30(34)32(47)48)18-27(45-42-33(40)41-43-45)31(35)50-20-37(9,23(3)4)44(11)12/h17,22-25,27-28,30-31H,13-16,18-21H2,1-12H3,(H2,40,42)(H,47,48)/t24-,25+,27-,28+,30-,31+,34-,35-,36-,37-,38+,39+/m1/s1. The monoisotopic (exact) mass is 696 g/mol. The lowest BCUT2D eigenvalue weighted by Gasteiger charge is -2.70. The average molecular weight is 697 g/mol. The van der Waals surface area contributed by atoms with Crippen LogP contribution in [0.15, 0.2) is 11.6 Å². The van der Waals surface area contributed by atoms with Crippen molar-refractivity contribution in [3.05, 3.63) is 11.6 Å². The molecule has 2 bridgehead atoms. The summed E-state index contributed by atoms with van der Waals surface area (Å²) in [6.07, 6.45) is 5.69. The van der Waals surface area contributed by atoms with E-state index in [0.717, 1.165) is 31.3 Å². The van der Waals surface area contributed by atoms with Crippen molar-refractivity contribution in [1.82, 2.24) is 25.1 Å². The number of ketones is 1. The van der Waals surface area contributed by atoms with Crippen LogP contribution in [0.1, 0.15) is 107 Å². The van der Waals surface area contributed by atoms with Gasteiger partial charge in [0.2, 0.25) is 0 Å². The number of nitrogens with two attached hydrogens (primary N) is 1. The Morgan fingerprint density at radius 1 is 1.14 bits per heavy atom. The summed E-state index contributed by atoms with van der Waals surface area (Å²) in [7, 11) is 4.21. The van der Waals surface area contributed by atoms with Crippen molar-refractivity contribution in [1.29, 1.82) is 0 Å². The minimum Gasteiger partial charge on any atom is -0.481 e. The first-order valence-corrected chi connectivity index (χ1v) is 19.1. The van der Waals surface area contributed by atoms with Crippen LogP contribution < -0.4 is 5.73 Å². The number of hydrogen-bond acceptors (Lipinski definition) is 9. The zero-order valence-corrected chi connectivity index (χ0v) is 32.7. The molecule has 0 unspecified atom stereocenters. The Labute approximate surface area is 299 Å². The highest BCUT2D eigenvalue weighted by Crippen LogP contribution is 2.74. The molecule has 12 atom stereocenters. The predicted molar refractivity (Wildman–Crippen MR) is 192 cm³/mol. The highest BCUT2D eigenvalue weighted by atomic mass is 16.5. The van der Waals surface area contributed by atoms with E-state index < -0.39 is 39.0 Å². The quantitative estimate of drug-likeness (QED) is 0.319. The molecule has 3 N–H and O–H groups in total. The number of hydrogen-bond donors (Lipinski definition) is 2. The molecule has 11 heteroatoms. The second-order valence-corrected chi connectivity index (χ2v) is 19.1. The smallest absolute Gasteiger partial charge is 0.308 e. The fourth-order valence-electron chi connectivity index (χ4n) is 12.3. The molecule has 1 aromatic rings. The van der Waals surface area contributed by atoms with Crippen LogP contribution in [0.5, 0.6) is 0 Å². The third-order valence-corrected chi connectivity index (χ3v) is 16.5. The van der Waals surface area contributed by atoms with Crippen LogP contribution in [0, 0.1) is 62.6 Å². The summed E-state index contributed by atoms with van der Waals surface area (Å²) in [6.45, 7) is 23.4. The number of rotatable bonds is 9. The zero-order chi connectivity index (χ0) is 37.0. The van der Waals surface area contributed by atoms with Gasteiger partial charge in [0.25, 0.3) is 5.95 Å². The number of aliphatic carboxylic acids is 1. The first-order valence-electron chi connectivity index (χ1n) is 19.1. The average Bonchev–Trinajstić information content (AvgIpc) is 3.46. The molecule has 4 aliphatic carbocycles. The van der Waals surface area contributed by atoms with Crippen molar-refractivity contribution >= 4 is 17.7 Å². The minimum atomic E-state index is -1.04. The third kappa shape index (κ3) is 4.87. The molecule has 280 valence electrons. The summed E-state index contributed by atoms with van der Waals surface area (Å²) >= 11 is 0. The van der Waals surface area contributed by atoms with Crippen molar-refractivity contribution in [2.75, 3.05) is 39.6 Å². The van der Waals surface area contributed by atoms with Crippen LogP contribution in [0.3, 0.4) is 0 Å². The second-order valence-electron chi connectivity index (χ2n) is 19.1. The molecular weight excluding hydrogens is 632 g/mol. The van der Waals surface area contributed by atoms with Crippen molar-refractivity contribution < 1.29 is 24.2 Å². The molecule has 0 amide bonds. The van der Waals surface area contributed by atoms with E-state index in [1.165, 1.54) is 0 Å². The normalized spacial score (nSPS) is 43.1. The molecule has 6 rings (SSSR count). The number of nitrogens with zero attached hydrogens (tertiary/aromatic N) is 5. The van der Waals surface area contributed by atoms with Crippen LogP contribution in [0.2, 0.25) is 0 Å². The van der Waals surface area contributed by atoms with Crippen molar-refractivity contribution in [2.24, 2.45) is 62.6 Å². The van der Waals surface area contributed by atoms with E-state index in [2.05, 4.69) is 96.7 Å². The number of tetrazole rings is 1. The van der Waals surface area contributed by atoms with Crippen LogP contribution in [0.25, 0.3) is 0 Å². The number of allylic oxidation sites excluding steroid dienone is 1. The van der Waals surface area contributed by atoms with E-state index in [4.69, 9.17) is 15.2 Å². The molecule has 0 radical (unpaired) electrons. The second kappa shape index (κ2) is 12.1. The number of nitrogen functional groups attached to an aromatic ring is 1. The highest BCUT2D eigenvalue weighted by molar-refractivity contribution is 6.00. The molecule has 0 spiro atoms. The summed E-state index contributed by atoms with van der Waals surface area (Å²) in [5.74, 6) is -0.518. The molecule has 11 nitrogen and oxygen atoms in total. The number of carboxylic acids is 1. The van der Waals surface area contributed by atoms with Gasteiger partial charge >= 0.3 is 5.97 Å². The van der Waals surface area contributed by atoms with Gasteiger partial charge in [-0.3, -0.25) is 9.59 Å². The summed E-state index contributed by atoms with van der Waals surface area (Å²) in [5, 5.41) is 24.1. The molecule has 2 heterocycles. The van der Waals surface area contributed by atoms with Gasteiger partial charge < -0.3 is 25.2 Å². The van der Waals surface area contributed by atoms with Gasteiger partial charge in [-0.25, -0.2) is 0 Å². The van der Waals surface area contributed by atoms with Crippen molar-refractivity contribution in [3.8, 4) is 0 Å². The molecule has 1 aromatic heterocycles. The molecule has 1 aliphatic heterocycles. The molecule has 1 saturated heterocycles. The Kier molecular flexibility index (Phi) is 9.04. The zero-order valence-electron chi connectivity index (χ0n) is 32.7. The maximum atomic E-state index is 15.0. The number of likely N-dealkylation sites (N-methyl/N-ethyl adjacent to an activating group) is 1. The van der Waals surface area contributed by atoms with Gasteiger partial charge in [0.1, 0.15) is 6.04 Å². The highest BCUT2D eigenvalue weighted by Gasteiger charge is 2.74. The maximum Gasteiger partial charge on any atom is 0.308 e. The van der Waals surface area contributed by atoms with Crippen LogP contribution in [0.4, 0.5) is 5.95 Å². The fraction of sp³-hybridized carbons (Fsp3) is 0.872. The lowest BCUT2D eigenvalue weighted by Crippen LogP contribution is -2.70. The molecule has 3 saturated carbocycles. The van der Waals surface area contributed by atoms with Gasteiger partial charge in [0.15, 0.2) is 5.78 Å².